The third-order valence-corrected chi connectivity index (χ3v) is 4.71. The van der Waals surface area contributed by atoms with E-state index in [0.717, 1.165) is 37.2 Å². The predicted molar refractivity (Wildman–Crippen MR) is 102 cm³/mol. The molecule has 27 heavy (non-hydrogen) atoms. The lowest BCUT2D eigenvalue weighted by molar-refractivity contribution is 0.0988. The average molecular weight is 365 g/mol. The largest absolute Gasteiger partial charge is 0.370 e. The van der Waals surface area contributed by atoms with E-state index in [4.69, 9.17) is 4.52 Å². The SMILES string of the molecule is O=C(Nc1cc(F)ccc1N1CCCCC1)c1cc(-c2ccccc2)no1. The van der Waals surface area contributed by atoms with Crippen LogP contribution in [0.25, 0.3) is 11.3 Å². The summed E-state index contributed by atoms with van der Waals surface area (Å²) in [4.78, 5) is 14.8. The molecular formula is C21H20FN3O2. The molecule has 0 spiro atoms. The van der Waals surface area contributed by atoms with Crippen LogP contribution in [0.5, 0.6) is 0 Å². The summed E-state index contributed by atoms with van der Waals surface area (Å²) in [7, 11) is 0. The van der Waals surface area contributed by atoms with Crippen molar-refractivity contribution in [3.8, 4) is 11.3 Å². The standard InChI is InChI=1S/C21H20FN3O2/c22-16-9-10-19(25-11-5-2-6-12-25)18(13-16)23-21(26)20-14-17(24-27-20)15-7-3-1-4-8-15/h1,3-4,7-10,13-14H,2,5-6,11-12H2,(H,23,26). The van der Waals surface area contributed by atoms with Crippen molar-refractivity contribution in [3.05, 3.63) is 66.2 Å². The van der Waals surface area contributed by atoms with Gasteiger partial charge in [0.2, 0.25) is 5.76 Å². The zero-order chi connectivity index (χ0) is 18.6. The van der Waals surface area contributed by atoms with E-state index in [1.807, 2.05) is 30.3 Å². The maximum Gasteiger partial charge on any atom is 0.294 e. The number of carbonyl (C=O) groups excluding carboxylic acids is 1. The lowest BCUT2D eigenvalue weighted by Crippen LogP contribution is -2.30. The van der Waals surface area contributed by atoms with Crippen molar-refractivity contribution < 1.29 is 13.7 Å². The van der Waals surface area contributed by atoms with Crippen LogP contribution in [0.1, 0.15) is 29.8 Å². The number of nitrogens with zero attached hydrogens (tertiary/aromatic N) is 2. The van der Waals surface area contributed by atoms with Gasteiger partial charge in [0.25, 0.3) is 5.91 Å². The van der Waals surface area contributed by atoms with E-state index in [1.54, 1.807) is 12.1 Å². The summed E-state index contributed by atoms with van der Waals surface area (Å²) in [6, 6.07) is 15.5. The van der Waals surface area contributed by atoms with Gasteiger partial charge in [-0.3, -0.25) is 4.79 Å². The zero-order valence-corrected chi connectivity index (χ0v) is 14.8. The van der Waals surface area contributed by atoms with Crippen LogP contribution in [0.4, 0.5) is 15.8 Å². The third-order valence-electron chi connectivity index (χ3n) is 4.71. The molecule has 6 heteroatoms. The Labute approximate surface area is 156 Å². The van der Waals surface area contributed by atoms with Gasteiger partial charge in [0.15, 0.2) is 0 Å². The number of halogens is 1. The lowest BCUT2D eigenvalue weighted by atomic mass is 10.1. The highest BCUT2D eigenvalue weighted by Crippen LogP contribution is 2.30. The molecule has 4 rings (SSSR count). The Kier molecular flexibility index (Phi) is 4.87. The highest BCUT2D eigenvalue weighted by atomic mass is 19.1. The lowest BCUT2D eigenvalue weighted by Gasteiger charge is -2.30. The number of hydrogen-bond acceptors (Lipinski definition) is 4. The molecule has 1 aromatic heterocycles. The molecule has 5 nitrogen and oxygen atoms in total. The minimum atomic E-state index is -0.450. The molecule has 0 bridgehead atoms. The van der Waals surface area contributed by atoms with Gasteiger partial charge < -0.3 is 14.7 Å². The fourth-order valence-electron chi connectivity index (χ4n) is 3.33. The van der Waals surface area contributed by atoms with E-state index < -0.39 is 11.7 Å². The summed E-state index contributed by atoms with van der Waals surface area (Å²) in [6.07, 6.45) is 3.38. The summed E-state index contributed by atoms with van der Waals surface area (Å²) in [5, 5.41) is 6.73. The molecule has 1 N–H and O–H groups in total. The summed E-state index contributed by atoms with van der Waals surface area (Å²) in [6.45, 7) is 1.80. The van der Waals surface area contributed by atoms with Crippen molar-refractivity contribution in [1.82, 2.24) is 5.16 Å². The molecule has 0 unspecified atom stereocenters. The van der Waals surface area contributed by atoms with Crippen molar-refractivity contribution >= 4 is 17.3 Å². The Hall–Kier alpha value is -3.15. The molecule has 138 valence electrons. The molecular weight excluding hydrogens is 345 g/mol. The molecule has 1 amide bonds. The van der Waals surface area contributed by atoms with E-state index in [2.05, 4.69) is 15.4 Å². The van der Waals surface area contributed by atoms with Gasteiger partial charge in [0.05, 0.1) is 11.4 Å². The summed E-state index contributed by atoms with van der Waals surface area (Å²) in [5.74, 6) is -0.759. The second-order valence-corrected chi connectivity index (χ2v) is 6.61. The number of nitrogens with one attached hydrogen (secondary N) is 1. The van der Waals surface area contributed by atoms with Gasteiger partial charge in [0, 0.05) is 24.7 Å². The normalized spacial score (nSPS) is 14.2. The van der Waals surface area contributed by atoms with Crippen LogP contribution in [0, 0.1) is 5.82 Å². The summed E-state index contributed by atoms with van der Waals surface area (Å²) in [5.41, 5.74) is 2.71. The van der Waals surface area contributed by atoms with Crippen LogP contribution in [-0.2, 0) is 0 Å². The molecule has 0 radical (unpaired) electrons. The summed E-state index contributed by atoms with van der Waals surface area (Å²) < 4.78 is 19.0. The Morgan fingerprint density at radius 1 is 1.04 bits per heavy atom. The first kappa shape index (κ1) is 17.3. The second-order valence-electron chi connectivity index (χ2n) is 6.61. The number of anilines is 2. The molecule has 1 aliphatic rings. The molecule has 2 aromatic carbocycles. The number of piperidine rings is 1. The van der Waals surface area contributed by atoms with Crippen LogP contribution in [0.15, 0.2) is 59.1 Å². The van der Waals surface area contributed by atoms with Gasteiger partial charge in [-0.25, -0.2) is 4.39 Å². The zero-order valence-electron chi connectivity index (χ0n) is 14.8. The minimum absolute atomic E-state index is 0.0858. The van der Waals surface area contributed by atoms with Crippen LogP contribution in [0.2, 0.25) is 0 Å². The maximum atomic E-state index is 13.8. The molecule has 1 fully saturated rings. The predicted octanol–water partition coefficient (Wildman–Crippen LogP) is 4.72. The van der Waals surface area contributed by atoms with Crippen molar-refractivity contribution in [2.24, 2.45) is 0 Å². The Morgan fingerprint density at radius 3 is 2.59 bits per heavy atom. The first-order valence-corrected chi connectivity index (χ1v) is 9.09. The number of rotatable bonds is 4. The van der Waals surface area contributed by atoms with E-state index in [9.17, 15) is 9.18 Å². The minimum Gasteiger partial charge on any atom is -0.370 e. The number of aromatic nitrogens is 1. The second kappa shape index (κ2) is 7.61. The third kappa shape index (κ3) is 3.84. The molecule has 0 saturated carbocycles. The molecule has 2 heterocycles. The van der Waals surface area contributed by atoms with Gasteiger partial charge in [-0.2, -0.15) is 0 Å². The number of carbonyl (C=O) groups is 1. The highest BCUT2D eigenvalue weighted by Gasteiger charge is 2.19. The highest BCUT2D eigenvalue weighted by molar-refractivity contribution is 6.04. The Balaban J connectivity index is 1.56. The van der Waals surface area contributed by atoms with Crippen LogP contribution >= 0.6 is 0 Å². The number of amides is 1. The van der Waals surface area contributed by atoms with Crippen molar-refractivity contribution in [3.63, 3.8) is 0 Å². The van der Waals surface area contributed by atoms with Crippen LogP contribution in [-0.4, -0.2) is 24.2 Å². The van der Waals surface area contributed by atoms with Crippen molar-refractivity contribution in [2.75, 3.05) is 23.3 Å². The molecule has 1 saturated heterocycles. The molecule has 1 aliphatic heterocycles. The van der Waals surface area contributed by atoms with E-state index in [0.29, 0.717) is 11.4 Å². The Bertz CT molecular complexity index is 934. The average Bonchev–Trinajstić information content (AvgIpc) is 3.20. The van der Waals surface area contributed by atoms with Crippen LogP contribution < -0.4 is 10.2 Å². The first-order chi connectivity index (χ1) is 13.2. The smallest absolute Gasteiger partial charge is 0.294 e. The van der Waals surface area contributed by atoms with Gasteiger partial charge >= 0.3 is 0 Å². The Morgan fingerprint density at radius 2 is 1.81 bits per heavy atom. The van der Waals surface area contributed by atoms with Gasteiger partial charge in [0.1, 0.15) is 11.5 Å². The maximum absolute atomic E-state index is 13.8. The van der Waals surface area contributed by atoms with Crippen LogP contribution in [0.3, 0.4) is 0 Å². The topological polar surface area (TPSA) is 58.4 Å². The molecule has 3 aromatic rings. The fraction of sp³-hybridized carbons (Fsp3) is 0.238. The van der Waals surface area contributed by atoms with Crippen molar-refractivity contribution in [2.45, 2.75) is 19.3 Å². The molecule has 0 aliphatic carbocycles. The quantitative estimate of drug-likeness (QED) is 0.727. The van der Waals surface area contributed by atoms with Gasteiger partial charge in [-0.15, -0.1) is 0 Å². The summed E-state index contributed by atoms with van der Waals surface area (Å²) >= 11 is 0. The monoisotopic (exact) mass is 365 g/mol. The number of benzene rings is 2. The van der Waals surface area contributed by atoms with E-state index in [1.165, 1.54) is 18.6 Å². The number of hydrogen-bond donors (Lipinski definition) is 1. The first-order valence-electron chi connectivity index (χ1n) is 9.09. The van der Waals surface area contributed by atoms with Gasteiger partial charge in [-0.1, -0.05) is 35.5 Å². The fourth-order valence-corrected chi connectivity index (χ4v) is 3.33. The van der Waals surface area contributed by atoms with Gasteiger partial charge in [-0.05, 0) is 37.5 Å². The van der Waals surface area contributed by atoms with Crippen molar-refractivity contribution in [1.29, 1.82) is 0 Å². The molecule has 0 atom stereocenters. The van der Waals surface area contributed by atoms with E-state index in [-0.39, 0.29) is 5.76 Å². The van der Waals surface area contributed by atoms with E-state index >= 15 is 0 Å².